The minimum atomic E-state index is 0.880. The van der Waals surface area contributed by atoms with Crippen molar-refractivity contribution >= 4 is 54.5 Å². The number of nitrogens with zero attached hydrogens (tertiary/aromatic N) is 1. The third-order valence-electron chi connectivity index (χ3n) is 13.4. The summed E-state index contributed by atoms with van der Waals surface area (Å²) in [6, 6.07) is 90.1. The number of hydrogen-bond donors (Lipinski definition) is 0. The Morgan fingerprint density at radius 1 is 0.258 bits per heavy atom. The molecule has 2 aromatic heterocycles. The fraction of sp³-hybridized carbons (Fsp3) is 0. The molecule has 0 amide bonds. The van der Waals surface area contributed by atoms with Crippen LogP contribution in [0.25, 0.3) is 127 Å². The van der Waals surface area contributed by atoms with E-state index in [1.165, 1.54) is 71.9 Å². The normalized spacial score (nSPS) is 11.6. The third-order valence-corrected chi connectivity index (χ3v) is 13.4. The van der Waals surface area contributed by atoms with Crippen molar-refractivity contribution in [2.75, 3.05) is 0 Å². The number of para-hydroxylation sites is 2. The van der Waals surface area contributed by atoms with Crippen molar-refractivity contribution in [3.8, 4) is 72.4 Å². The number of benzene rings is 11. The Hall–Kier alpha value is -8.72. The molecule has 13 aromatic rings. The molecule has 0 aliphatic rings. The van der Waals surface area contributed by atoms with E-state index in [2.05, 4.69) is 253 Å². The van der Waals surface area contributed by atoms with Crippen LogP contribution in [-0.4, -0.2) is 4.57 Å². The second-order valence-electron chi connectivity index (χ2n) is 17.2. The van der Waals surface area contributed by atoms with Gasteiger partial charge in [0.05, 0.1) is 16.7 Å². The Morgan fingerprint density at radius 2 is 0.652 bits per heavy atom. The minimum absolute atomic E-state index is 0.880. The molecule has 0 fully saturated rings. The van der Waals surface area contributed by atoms with Crippen molar-refractivity contribution in [3.05, 3.63) is 249 Å². The minimum Gasteiger partial charge on any atom is -0.455 e. The predicted octanol–water partition coefficient (Wildman–Crippen LogP) is 17.8. The van der Waals surface area contributed by atoms with Gasteiger partial charge in [0.15, 0.2) is 0 Å². The fourth-order valence-electron chi connectivity index (χ4n) is 10.2. The molecule has 0 bridgehead atoms. The first-order valence-corrected chi connectivity index (χ1v) is 22.7. The van der Waals surface area contributed by atoms with Crippen LogP contribution in [0.4, 0.5) is 0 Å². The highest BCUT2D eigenvalue weighted by Crippen LogP contribution is 2.44. The molecule has 66 heavy (non-hydrogen) atoms. The maximum atomic E-state index is 6.83. The maximum Gasteiger partial charge on any atom is 0.143 e. The average molecular weight is 840 g/mol. The highest BCUT2D eigenvalue weighted by molar-refractivity contribution is 6.22. The quantitative estimate of drug-likeness (QED) is 0.156. The Morgan fingerprint density at radius 3 is 1.15 bits per heavy atom. The number of aromatic nitrogens is 1. The lowest BCUT2D eigenvalue weighted by Gasteiger charge is -2.13. The van der Waals surface area contributed by atoms with E-state index in [0.717, 1.165) is 55.1 Å². The van der Waals surface area contributed by atoms with Gasteiger partial charge in [-0.3, -0.25) is 0 Å². The zero-order valence-electron chi connectivity index (χ0n) is 36.0. The van der Waals surface area contributed by atoms with Crippen LogP contribution in [0.3, 0.4) is 0 Å². The zero-order chi connectivity index (χ0) is 43.6. The SMILES string of the molecule is c1ccc(-c2ccc(-c3cc(-c4ccc(-c5ccccc5)cc4)cc(-c4ccc(-c5cccc6oc7c8ccccc8c(-n8c9ccccc9c9ccccc98)cc7c56)cc4)c3)cc2)cc1. The van der Waals surface area contributed by atoms with Crippen LogP contribution in [0, 0.1) is 0 Å². The first-order valence-electron chi connectivity index (χ1n) is 22.7. The fourth-order valence-corrected chi connectivity index (χ4v) is 10.2. The first kappa shape index (κ1) is 37.8. The summed E-state index contributed by atoms with van der Waals surface area (Å²) in [7, 11) is 0. The van der Waals surface area contributed by atoms with Crippen molar-refractivity contribution in [2.24, 2.45) is 0 Å². The van der Waals surface area contributed by atoms with Crippen LogP contribution >= 0.6 is 0 Å². The van der Waals surface area contributed by atoms with E-state index < -0.39 is 0 Å². The molecule has 0 unspecified atom stereocenters. The molecule has 2 nitrogen and oxygen atoms in total. The van der Waals surface area contributed by atoms with Gasteiger partial charge < -0.3 is 8.98 Å². The van der Waals surface area contributed by atoms with E-state index in [1.54, 1.807) is 0 Å². The molecule has 0 aliphatic heterocycles. The largest absolute Gasteiger partial charge is 0.455 e. The summed E-state index contributed by atoms with van der Waals surface area (Å²) in [6.45, 7) is 0. The van der Waals surface area contributed by atoms with E-state index in [-0.39, 0.29) is 0 Å². The first-order chi connectivity index (χ1) is 32.7. The van der Waals surface area contributed by atoms with Crippen molar-refractivity contribution in [2.45, 2.75) is 0 Å². The van der Waals surface area contributed by atoms with Gasteiger partial charge in [-0.2, -0.15) is 0 Å². The maximum absolute atomic E-state index is 6.83. The molecule has 0 spiro atoms. The Bertz CT molecular complexity index is 3780. The zero-order valence-corrected chi connectivity index (χ0v) is 36.0. The van der Waals surface area contributed by atoms with Crippen LogP contribution in [-0.2, 0) is 0 Å². The van der Waals surface area contributed by atoms with Gasteiger partial charge in [0, 0.05) is 32.3 Å². The van der Waals surface area contributed by atoms with Gasteiger partial charge >= 0.3 is 0 Å². The monoisotopic (exact) mass is 839 g/mol. The van der Waals surface area contributed by atoms with E-state index in [0.29, 0.717) is 0 Å². The van der Waals surface area contributed by atoms with Gasteiger partial charge in [-0.25, -0.2) is 0 Å². The standard InChI is InChI=1S/C64H41NO/c1-3-14-42(15-4-1)44-26-30-46(31-27-44)50-38-51(47-32-28-45(29-33-47)43-16-5-2-6-17-43)40-52(39-50)48-34-36-49(37-35-48)53-22-13-25-62-63(53)58-41-61(56-20-7-8-21-57(56)64(58)66-62)65-59-23-11-9-18-54(59)55-19-10-12-24-60(55)65/h1-41H. The second-order valence-corrected chi connectivity index (χ2v) is 17.2. The summed E-state index contributed by atoms with van der Waals surface area (Å²) in [5, 5.41) is 6.97. The second kappa shape index (κ2) is 15.5. The lowest BCUT2D eigenvalue weighted by Crippen LogP contribution is -1.95. The van der Waals surface area contributed by atoms with Crippen LogP contribution in [0.2, 0.25) is 0 Å². The van der Waals surface area contributed by atoms with E-state index in [9.17, 15) is 0 Å². The molecule has 0 aliphatic carbocycles. The smallest absolute Gasteiger partial charge is 0.143 e. The highest BCUT2D eigenvalue weighted by atomic mass is 16.3. The summed E-state index contributed by atoms with van der Waals surface area (Å²) in [5.74, 6) is 0. The molecule has 308 valence electrons. The molecular weight excluding hydrogens is 799 g/mol. The number of hydrogen-bond acceptors (Lipinski definition) is 1. The predicted molar refractivity (Wildman–Crippen MR) is 278 cm³/mol. The van der Waals surface area contributed by atoms with Crippen molar-refractivity contribution < 1.29 is 4.42 Å². The summed E-state index contributed by atoms with van der Waals surface area (Å²) in [6.07, 6.45) is 0. The van der Waals surface area contributed by atoms with Crippen molar-refractivity contribution in [3.63, 3.8) is 0 Å². The molecule has 11 aromatic carbocycles. The van der Waals surface area contributed by atoms with Gasteiger partial charge in [-0.05, 0) is 109 Å². The van der Waals surface area contributed by atoms with Gasteiger partial charge in [0.25, 0.3) is 0 Å². The van der Waals surface area contributed by atoms with E-state index in [4.69, 9.17) is 4.42 Å². The summed E-state index contributed by atoms with van der Waals surface area (Å²) < 4.78 is 9.27. The Labute approximate surface area is 382 Å². The van der Waals surface area contributed by atoms with Gasteiger partial charge in [-0.1, -0.05) is 206 Å². The van der Waals surface area contributed by atoms with E-state index >= 15 is 0 Å². The molecule has 0 N–H and O–H groups in total. The summed E-state index contributed by atoms with van der Waals surface area (Å²) >= 11 is 0. The average Bonchev–Trinajstić information content (AvgIpc) is 3.95. The van der Waals surface area contributed by atoms with Crippen LogP contribution < -0.4 is 0 Å². The van der Waals surface area contributed by atoms with Crippen molar-refractivity contribution in [1.82, 2.24) is 4.57 Å². The van der Waals surface area contributed by atoms with Crippen LogP contribution in [0.15, 0.2) is 253 Å². The molecular formula is C64H41NO. The lowest BCUT2D eigenvalue weighted by atomic mass is 9.91. The molecule has 2 heteroatoms. The number of rotatable bonds is 7. The van der Waals surface area contributed by atoms with Crippen LogP contribution in [0.1, 0.15) is 0 Å². The van der Waals surface area contributed by atoms with Gasteiger partial charge in [0.2, 0.25) is 0 Å². The van der Waals surface area contributed by atoms with Crippen LogP contribution in [0.5, 0.6) is 0 Å². The Kier molecular flexibility index (Phi) is 8.89. The Balaban J connectivity index is 0.936. The molecule has 13 rings (SSSR count). The lowest BCUT2D eigenvalue weighted by molar-refractivity contribution is 0.672. The number of fused-ring (bicyclic) bond motifs is 8. The molecule has 0 saturated carbocycles. The molecule has 0 atom stereocenters. The number of furan rings is 1. The summed E-state index contributed by atoms with van der Waals surface area (Å²) in [5.41, 5.74) is 19.5. The molecule has 0 saturated heterocycles. The highest BCUT2D eigenvalue weighted by Gasteiger charge is 2.20. The van der Waals surface area contributed by atoms with Gasteiger partial charge in [-0.15, -0.1) is 0 Å². The van der Waals surface area contributed by atoms with E-state index in [1.807, 2.05) is 0 Å². The molecule has 2 heterocycles. The third kappa shape index (κ3) is 6.34. The summed E-state index contributed by atoms with van der Waals surface area (Å²) in [4.78, 5) is 0. The van der Waals surface area contributed by atoms with Gasteiger partial charge in [0.1, 0.15) is 11.2 Å². The topological polar surface area (TPSA) is 18.1 Å². The van der Waals surface area contributed by atoms with Crippen molar-refractivity contribution in [1.29, 1.82) is 0 Å². The molecule has 0 radical (unpaired) electrons.